The van der Waals surface area contributed by atoms with E-state index in [2.05, 4.69) is 21.5 Å². The van der Waals surface area contributed by atoms with E-state index in [4.69, 9.17) is 14.0 Å². The van der Waals surface area contributed by atoms with Crippen LogP contribution in [0.1, 0.15) is 28.1 Å². The fourth-order valence-corrected chi connectivity index (χ4v) is 4.46. The van der Waals surface area contributed by atoms with E-state index in [9.17, 15) is 4.79 Å². The first-order valence-corrected chi connectivity index (χ1v) is 11.6. The zero-order chi connectivity index (χ0) is 22.8. The summed E-state index contributed by atoms with van der Waals surface area (Å²) in [7, 11) is 0. The van der Waals surface area contributed by atoms with E-state index in [1.807, 2.05) is 55.6 Å². The summed E-state index contributed by atoms with van der Waals surface area (Å²) in [6.45, 7) is 4.88. The number of amides is 1. The van der Waals surface area contributed by atoms with E-state index in [0.717, 1.165) is 58.4 Å². The normalized spacial score (nSPS) is 12.3. The molecule has 0 saturated carbocycles. The molecule has 1 aliphatic rings. The van der Waals surface area contributed by atoms with Crippen molar-refractivity contribution in [3.05, 3.63) is 76.0 Å². The first-order chi connectivity index (χ1) is 16.0. The molecule has 0 atom stereocenters. The minimum absolute atomic E-state index is 0.109. The van der Waals surface area contributed by atoms with E-state index in [1.165, 1.54) is 16.9 Å². The predicted molar refractivity (Wildman–Crippen MR) is 126 cm³/mol. The van der Waals surface area contributed by atoms with E-state index < -0.39 is 0 Å². The average Bonchev–Trinajstić information content (AvgIpc) is 3.54. The van der Waals surface area contributed by atoms with Gasteiger partial charge in [-0.25, -0.2) is 4.98 Å². The number of aryl methyl sites for hydroxylation is 2. The van der Waals surface area contributed by atoms with Crippen molar-refractivity contribution < 1.29 is 18.8 Å². The Morgan fingerprint density at radius 3 is 2.82 bits per heavy atom. The van der Waals surface area contributed by atoms with Crippen LogP contribution in [0.2, 0.25) is 0 Å². The van der Waals surface area contributed by atoms with Crippen molar-refractivity contribution >= 4 is 22.4 Å². The molecule has 5 rings (SSSR count). The van der Waals surface area contributed by atoms with Crippen molar-refractivity contribution in [1.82, 2.24) is 10.1 Å². The maximum atomic E-state index is 12.5. The lowest BCUT2D eigenvalue weighted by Gasteiger charge is -2.07. The number of fused-ring (bicyclic) bond motifs is 1. The van der Waals surface area contributed by atoms with Crippen LogP contribution in [0.3, 0.4) is 0 Å². The standard InChI is InChI=1S/C25H23N3O4S/c1-15-21(16(2)32-28-15)13-31-20-6-3-17(4-7-20)11-24(29)27-25-26-22(14-33-25)18-5-8-23-19(12-18)9-10-30-23/h3-8,12,14H,9-11,13H2,1-2H3,(H,26,27,29). The molecule has 0 radical (unpaired) electrons. The number of carbonyl (C=O) groups is 1. The first kappa shape index (κ1) is 21.2. The lowest BCUT2D eigenvalue weighted by Crippen LogP contribution is -2.14. The molecule has 1 N–H and O–H groups in total. The Hall–Kier alpha value is -3.65. The number of hydrogen-bond acceptors (Lipinski definition) is 7. The molecule has 2 aromatic heterocycles. The fourth-order valence-electron chi connectivity index (χ4n) is 3.73. The van der Waals surface area contributed by atoms with Gasteiger partial charge in [0.25, 0.3) is 0 Å². The predicted octanol–water partition coefficient (Wildman–Crippen LogP) is 5.11. The van der Waals surface area contributed by atoms with Crippen LogP contribution < -0.4 is 14.8 Å². The third-order valence-electron chi connectivity index (χ3n) is 5.59. The minimum Gasteiger partial charge on any atom is -0.493 e. The summed E-state index contributed by atoms with van der Waals surface area (Å²) in [6, 6.07) is 13.6. The first-order valence-electron chi connectivity index (χ1n) is 10.7. The van der Waals surface area contributed by atoms with Crippen molar-refractivity contribution in [3.8, 4) is 22.8 Å². The highest BCUT2D eigenvalue weighted by molar-refractivity contribution is 7.14. The van der Waals surface area contributed by atoms with E-state index >= 15 is 0 Å². The molecular formula is C25H23N3O4S. The summed E-state index contributed by atoms with van der Waals surface area (Å²) in [5.41, 5.74) is 5.76. The van der Waals surface area contributed by atoms with Crippen molar-refractivity contribution in [2.45, 2.75) is 33.3 Å². The highest BCUT2D eigenvalue weighted by Crippen LogP contribution is 2.32. The second-order valence-electron chi connectivity index (χ2n) is 7.92. The zero-order valence-corrected chi connectivity index (χ0v) is 19.2. The number of rotatable bonds is 7. The Labute approximate surface area is 195 Å². The Balaban J connectivity index is 1.16. The Morgan fingerprint density at radius 2 is 2.03 bits per heavy atom. The highest BCUT2D eigenvalue weighted by Gasteiger charge is 2.15. The van der Waals surface area contributed by atoms with Crippen LogP contribution >= 0.6 is 11.3 Å². The molecule has 0 spiro atoms. The topological polar surface area (TPSA) is 86.5 Å². The number of nitrogens with zero attached hydrogens (tertiary/aromatic N) is 2. The molecule has 4 aromatic rings. The second kappa shape index (κ2) is 9.07. The van der Waals surface area contributed by atoms with Crippen LogP contribution in [0, 0.1) is 13.8 Å². The van der Waals surface area contributed by atoms with Crippen LogP contribution in [0.5, 0.6) is 11.5 Å². The van der Waals surface area contributed by atoms with Crippen molar-refractivity contribution in [3.63, 3.8) is 0 Å². The summed E-state index contributed by atoms with van der Waals surface area (Å²) >= 11 is 1.42. The summed E-state index contributed by atoms with van der Waals surface area (Å²) in [5, 5.41) is 9.38. The Kier molecular flexibility index (Phi) is 5.83. The van der Waals surface area contributed by atoms with Gasteiger partial charge >= 0.3 is 0 Å². The molecule has 0 aliphatic carbocycles. The van der Waals surface area contributed by atoms with Crippen molar-refractivity contribution in [1.29, 1.82) is 0 Å². The summed E-state index contributed by atoms with van der Waals surface area (Å²) in [5.74, 6) is 2.32. The van der Waals surface area contributed by atoms with Crippen LogP contribution in [0.4, 0.5) is 5.13 Å². The third kappa shape index (κ3) is 4.75. The van der Waals surface area contributed by atoms with E-state index in [0.29, 0.717) is 11.7 Å². The van der Waals surface area contributed by atoms with Gasteiger partial charge in [0.1, 0.15) is 23.9 Å². The molecule has 7 nitrogen and oxygen atoms in total. The van der Waals surface area contributed by atoms with Crippen LogP contribution in [0.15, 0.2) is 52.4 Å². The fraction of sp³-hybridized carbons (Fsp3) is 0.240. The molecule has 1 aliphatic heterocycles. The number of nitrogens with one attached hydrogen (secondary N) is 1. The number of thiazole rings is 1. The molecule has 0 fully saturated rings. The van der Waals surface area contributed by atoms with Crippen molar-refractivity contribution in [2.24, 2.45) is 0 Å². The van der Waals surface area contributed by atoms with Gasteiger partial charge in [0.2, 0.25) is 5.91 Å². The maximum absolute atomic E-state index is 12.5. The summed E-state index contributed by atoms with van der Waals surface area (Å²) in [6.07, 6.45) is 1.18. The van der Waals surface area contributed by atoms with Gasteiger partial charge in [-0.1, -0.05) is 17.3 Å². The molecule has 33 heavy (non-hydrogen) atoms. The van der Waals surface area contributed by atoms with Crippen LogP contribution in [0.25, 0.3) is 11.3 Å². The van der Waals surface area contributed by atoms with Gasteiger partial charge in [-0.2, -0.15) is 0 Å². The van der Waals surface area contributed by atoms with Crippen LogP contribution in [-0.2, 0) is 24.2 Å². The molecule has 0 unspecified atom stereocenters. The number of benzene rings is 2. The van der Waals surface area contributed by atoms with Gasteiger partial charge in [-0.3, -0.25) is 4.79 Å². The molecular weight excluding hydrogens is 438 g/mol. The lowest BCUT2D eigenvalue weighted by atomic mass is 10.1. The quantitative estimate of drug-likeness (QED) is 0.412. The molecule has 0 bridgehead atoms. The summed E-state index contributed by atoms with van der Waals surface area (Å²) < 4.78 is 16.5. The number of aromatic nitrogens is 2. The van der Waals surface area contributed by atoms with Gasteiger partial charge in [-0.15, -0.1) is 11.3 Å². The van der Waals surface area contributed by atoms with Crippen molar-refractivity contribution in [2.75, 3.05) is 11.9 Å². The smallest absolute Gasteiger partial charge is 0.230 e. The molecule has 1 amide bonds. The number of hydrogen-bond donors (Lipinski definition) is 1. The van der Waals surface area contributed by atoms with Gasteiger partial charge in [0.05, 0.1) is 30.0 Å². The van der Waals surface area contributed by atoms with Gasteiger partial charge in [-0.05, 0) is 55.3 Å². The molecule has 3 heterocycles. The minimum atomic E-state index is -0.109. The Morgan fingerprint density at radius 1 is 1.18 bits per heavy atom. The Bertz CT molecular complexity index is 1270. The number of carbonyl (C=O) groups excluding carboxylic acids is 1. The van der Waals surface area contributed by atoms with Gasteiger partial charge in [0.15, 0.2) is 5.13 Å². The van der Waals surface area contributed by atoms with E-state index in [1.54, 1.807) is 0 Å². The number of anilines is 1. The monoisotopic (exact) mass is 461 g/mol. The molecule has 8 heteroatoms. The van der Waals surface area contributed by atoms with Gasteiger partial charge < -0.3 is 19.3 Å². The summed E-state index contributed by atoms with van der Waals surface area (Å²) in [4.78, 5) is 17.1. The van der Waals surface area contributed by atoms with Gasteiger partial charge in [0, 0.05) is 17.4 Å². The molecule has 0 saturated heterocycles. The average molecular weight is 462 g/mol. The zero-order valence-electron chi connectivity index (χ0n) is 18.4. The van der Waals surface area contributed by atoms with Crippen LogP contribution in [-0.4, -0.2) is 22.7 Å². The third-order valence-corrected chi connectivity index (χ3v) is 6.35. The SMILES string of the molecule is Cc1noc(C)c1COc1ccc(CC(=O)Nc2nc(-c3ccc4c(c3)CCO4)cs2)cc1. The number of ether oxygens (including phenoxy) is 2. The second-order valence-corrected chi connectivity index (χ2v) is 8.78. The molecule has 2 aromatic carbocycles. The molecule has 168 valence electrons. The lowest BCUT2D eigenvalue weighted by molar-refractivity contribution is -0.115. The highest BCUT2D eigenvalue weighted by atomic mass is 32.1. The largest absolute Gasteiger partial charge is 0.493 e. The van der Waals surface area contributed by atoms with E-state index in [-0.39, 0.29) is 12.3 Å². The maximum Gasteiger partial charge on any atom is 0.230 e.